The van der Waals surface area contributed by atoms with Crippen molar-refractivity contribution in [2.24, 2.45) is 0 Å². The summed E-state index contributed by atoms with van der Waals surface area (Å²) in [5.41, 5.74) is 3.81. The topological polar surface area (TPSA) is 65.8 Å². The van der Waals surface area contributed by atoms with Gasteiger partial charge in [-0.2, -0.15) is 5.26 Å². The molecule has 1 aliphatic rings. The van der Waals surface area contributed by atoms with Crippen molar-refractivity contribution in [2.75, 3.05) is 38.2 Å². The molecule has 0 spiro atoms. The van der Waals surface area contributed by atoms with Crippen LogP contribution in [0.3, 0.4) is 0 Å². The SMILES string of the molecule is C=CCc1cc(/C=C(/C#N)C(=O)N2CCN(c3ccccc3)CC2)cc(OC)c1OCc1ccc(Br)cc1. The quantitative estimate of drug-likeness (QED) is 0.178. The van der Waals surface area contributed by atoms with Crippen molar-refractivity contribution in [1.82, 2.24) is 4.90 Å². The van der Waals surface area contributed by atoms with Crippen LogP contribution in [0.5, 0.6) is 11.5 Å². The number of hydrogen-bond acceptors (Lipinski definition) is 5. The number of piperazine rings is 1. The van der Waals surface area contributed by atoms with Gasteiger partial charge in [0.15, 0.2) is 11.5 Å². The van der Waals surface area contributed by atoms with Crippen molar-refractivity contribution in [3.8, 4) is 17.6 Å². The van der Waals surface area contributed by atoms with Crippen molar-refractivity contribution >= 4 is 33.6 Å². The molecule has 0 bridgehead atoms. The van der Waals surface area contributed by atoms with Gasteiger partial charge in [0.05, 0.1) is 7.11 Å². The fraction of sp³-hybridized carbons (Fsp3) is 0.226. The Balaban J connectivity index is 1.52. The van der Waals surface area contributed by atoms with E-state index in [1.54, 1.807) is 30.2 Å². The number of amides is 1. The molecule has 0 atom stereocenters. The minimum Gasteiger partial charge on any atom is -0.493 e. The molecule has 0 N–H and O–H groups in total. The van der Waals surface area contributed by atoms with Crippen LogP contribution in [0, 0.1) is 11.3 Å². The van der Waals surface area contributed by atoms with Crippen LogP contribution >= 0.6 is 15.9 Å². The number of carbonyl (C=O) groups excluding carboxylic acids is 1. The summed E-state index contributed by atoms with van der Waals surface area (Å²) in [6, 6.07) is 23.9. The van der Waals surface area contributed by atoms with Gasteiger partial charge in [0.25, 0.3) is 5.91 Å². The molecule has 1 heterocycles. The highest BCUT2D eigenvalue weighted by Gasteiger charge is 2.24. The summed E-state index contributed by atoms with van der Waals surface area (Å²) in [5, 5.41) is 9.85. The van der Waals surface area contributed by atoms with E-state index in [1.165, 1.54) is 0 Å². The van der Waals surface area contributed by atoms with Crippen LogP contribution in [0.15, 0.2) is 89.4 Å². The van der Waals surface area contributed by atoms with Crippen molar-refractivity contribution in [3.63, 3.8) is 0 Å². The third-order valence-electron chi connectivity index (χ3n) is 6.38. The first-order valence-electron chi connectivity index (χ1n) is 12.4. The number of hydrogen-bond donors (Lipinski definition) is 0. The van der Waals surface area contributed by atoms with Gasteiger partial charge in [0.1, 0.15) is 18.2 Å². The molecular weight excluding hydrogens is 542 g/mol. The van der Waals surface area contributed by atoms with E-state index in [4.69, 9.17) is 9.47 Å². The average molecular weight is 573 g/mol. The lowest BCUT2D eigenvalue weighted by Crippen LogP contribution is -2.49. The highest BCUT2D eigenvalue weighted by molar-refractivity contribution is 9.10. The van der Waals surface area contributed by atoms with E-state index >= 15 is 0 Å². The monoisotopic (exact) mass is 571 g/mol. The van der Waals surface area contributed by atoms with Gasteiger partial charge in [-0.25, -0.2) is 0 Å². The number of para-hydroxylation sites is 1. The predicted molar refractivity (Wildman–Crippen MR) is 154 cm³/mol. The fourth-order valence-corrected chi connectivity index (χ4v) is 4.68. The number of rotatable bonds is 9. The van der Waals surface area contributed by atoms with Crippen LogP contribution in [-0.2, 0) is 17.8 Å². The zero-order valence-electron chi connectivity index (χ0n) is 21.4. The second kappa shape index (κ2) is 13.0. The second-order valence-corrected chi connectivity index (χ2v) is 9.82. The summed E-state index contributed by atoms with van der Waals surface area (Å²) in [5.74, 6) is 0.892. The lowest BCUT2D eigenvalue weighted by Gasteiger charge is -2.36. The van der Waals surface area contributed by atoms with Crippen LogP contribution in [0.2, 0.25) is 0 Å². The fourth-order valence-electron chi connectivity index (χ4n) is 4.41. The summed E-state index contributed by atoms with van der Waals surface area (Å²) >= 11 is 3.45. The summed E-state index contributed by atoms with van der Waals surface area (Å²) in [4.78, 5) is 17.2. The minimum absolute atomic E-state index is 0.0910. The molecule has 3 aromatic carbocycles. The summed E-state index contributed by atoms with van der Waals surface area (Å²) in [7, 11) is 1.58. The molecule has 0 radical (unpaired) electrons. The molecule has 194 valence electrons. The highest BCUT2D eigenvalue weighted by Crippen LogP contribution is 2.35. The molecule has 0 aliphatic carbocycles. The van der Waals surface area contributed by atoms with Gasteiger partial charge in [0, 0.05) is 41.9 Å². The van der Waals surface area contributed by atoms with E-state index in [9.17, 15) is 10.1 Å². The Hall–Kier alpha value is -4.02. The lowest BCUT2D eigenvalue weighted by molar-refractivity contribution is -0.126. The van der Waals surface area contributed by atoms with Gasteiger partial charge >= 0.3 is 0 Å². The number of benzene rings is 3. The highest BCUT2D eigenvalue weighted by atomic mass is 79.9. The number of methoxy groups -OCH3 is 1. The van der Waals surface area contributed by atoms with Crippen molar-refractivity contribution < 1.29 is 14.3 Å². The Morgan fingerprint density at radius 1 is 1.08 bits per heavy atom. The Labute approximate surface area is 232 Å². The maximum Gasteiger partial charge on any atom is 0.264 e. The van der Waals surface area contributed by atoms with Crippen LogP contribution in [-0.4, -0.2) is 44.1 Å². The molecule has 38 heavy (non-hydrogen) atoms. The standard InChI is InChI=1S/C31H30BrN3O3/c1-3-7-25-18-24(20-29(37-2)30(25)38-22-23-10-12-27(32)13-11-23)19-26(21-33)31(36)35-16-14-34(15-17-35)28-8-5-4-6-9-28/h3-6,8-13,18-20H,1,7,14-17,22H2,2H3/b26-19-. The molecule has 7 heteroatoms. The molecule has 1 aliphatic heterocycles. The third kappa shape index (κ3) is 6.64. The van der Waals surface area contributed by atoms with E-state index < -0.39 is 0 Å². The molecule has 1 saturated heterocycles. The maximum absolute atomic E-state index is 13.2. The van der Waals surface area contributed by atoms with Crippen LogP contribution in [0.25, 0.3) is 6.08 Å². The average Bonchev–Trinajstić information content (AvgIpc) is 2.96. The Morgan fingerprint density at radius 2 is 1.79 bits per heavy atom. The van der Waals surface area contributed by atoms with Crippen LogP contribution < -0.4 is 14.4 Å². The molecule has 6 nitrogen and oxygen atoms in total. The molecule has 0 saturated carbocycles. The lowest BCUT2D eigenvalue weighted by atomic mass is 10.0. The zero-order valence-corrected chi connectivity index (χ0v) is 23.0. The van der Waals surface area contributed by atoms with E-state index in [2.05, 4.69) is 45.6 Å². The van der Waals surface area contributed by atoms with Crippen molar-refractivity contribution in [1.29, 1.82) is 5.26 Å². The summed E-state index contributed by atoms with van der Waals surface area (Å²) in [6.07, 6.45) is 3.96. The number of halogens is 1. The van der Waals surface area contributed by atoms with Crippen LogP contribution in [0.4, 0.5) is 5.69 Å². The van der Waals surface area contributed by atoms with E-state index in [-0.39, 0.29) is 11.5 Å². The minimum atomic E-state index is -0.264. The van der Waals surface area contributed by atoms with Gasteiger partial charge in [-0.15, -0.1) is 6.58 Å². The first kappa shape index (κ1) is 27.0. The smallest absolute Gasteiger partial charge is 0.264 e. The first-order valence-corrected chi connectivity index (χ1v) is 13.2. The number of anilines is 1. The zero-order chi connectivity index (χ0) is 26.9. The molecule has 0 aromatic heterocycles. The molecule has 3 aromatic rings. The third-order valence-corrected chi connectivity index (χ3v) is 6.91. The van der Waals surface area contributed by atoms with E-state index in [0.717, 1.165) is 34.4 Å². The van der Waals surface area contributed by atoms with Gasteiger partial charge in [-0.05, 0) is 60.0 Å². The van der Waals surface area contributed by atoms with Gasteiger partial charge in [-0.3, -0.25) is 4.79 Å². The van der Waals surface area contributed by atoms with Gasteiger partial charge < -0.3 is 19.3 Å². The number of nitriles is 1. The number of allylic oxidation sites excluding steroid dienone is 1. The summed E-state index contributed by atoms with van der Waals surface area (Å²) in [6.45, 7) is 6.79. The number of nitrogens with zero attached hydrogens (tertiary/aromatic N) is 3. The van der Waals surface area contributed by atoms with Gasteiger partial charge in [-0.1, -0.05) is 52.3 Å². The Kier molecular flexibility index (Phi) is 9.23. The van der Waals surface area contributed by atoms with Crippen molar-refractivity contribution in [2.45, 2.75) is 13.0 Å². The maximum atomic E-state index is 13.2. The first-order chi connectivity index (χ1) is 18.5. The Bertz CT molecular complexity index is 1340. The molecule has 1 fully saturated rings. The molecular formula is C31H30BrN3O3. The summed E-state index contributed by atoms with van der Waals surface area (Å²) < 4.78 is 12.8. The number of ether oxygens (including phenoxy) is 2. The normalized spacial score (nSPS) is 13.6. The number of carbonyl (C=O) groups is 1. The Morgan fingerprint density at radius 3 is 2.42 bits per heavy atom. The van der Waals surface area contributed by atoms with Crippen LogP contribution in [0.1, 0.15) is 16.7 Å². The molecule has 0 unspecified atom stereocenters. The predicted octanol–water partition coefficient (Wildman–Crippen LogP) is 6.02. The van der Waals surface area contributed by atoms with Crippen molar-refractivity contribution in [3.05, 3.63) is 106 Å². The largest absolute Gasteiger partial charge is 0.493 e. The second-order valence-electron chi connectivity index (χ2n) is 8.90. The molecule has 4 rings (SSSR count). The van der Waals surface area contributed by atoms with Gasteiger partial charge in [0.2, 0.25) is 0 Å². The van der Waals surface area contributed by atoms with E-state index in [0.29, 0.717) is 43.2 Å². The molecule has 1 amide bonds. The van der Waals surface area contributed by atoms with E-state index in [1.807, 2.05) is 48.5 Å².